The molecule has 4 aliphatic rings. The first-order valence-electron chi connectivity index (χ1n) is 18.0. The van der Waals surface area contributed by atoms with Gasteiger partial charge in [-0.3, -0.25) is 4.79 Å². The SMILES string of the molecule is Nc1c([C@H]2CCN(CC3CC3)C[C@H]2C(=O)N2CC[C@@H]2c2ccccc2)ccc2c1Cc1ccccc1-2.O=C(O)c1cc(-c2ccc(F)cc2F)on1. The summed E-state index contributed by atoms with van der Waals surface area (Å²) < 4.78 is 30.5. The minimum Gasteiger partial charge on any atom is -0.476 e. The summed E-state index contributed by atoms with van der Waals surface area (Å²) in [5, 5.41) is 11.8. The van der Waals surface area contributed by atoms with Crippen molar-refractivity contribution >= 4 is 17.6 Å². The van der Waals surface area contributed by atoms with Crippen LogP contribution in [0.25, 0.3) is 22.5 Å². The smallest absolute Gasteiger partial charge is 0.358 e. The monoisotopic (exact) mass is 702 g/mol. The van der Waals surface area contributed by atoms with Crippen molar-refractivity contribution in [3.05, 3.63) is 131 Å². The first kappa shape index (κ1) is 33.8. The van der Waals surface area contributed by atoms with E-state index < -0.39 is 17.6 Å². The molecule has 3 atom stereocenters. The summed E-state index contributed by atoms with van der Waals surface area (Å²) in [5.74, 6) is -1.60. The van der Waals surface area contributed by atoms with E-state index in [1.165, 1.54) is 46.2 Å². The van der Waals surface area contributed by atoms with E-state index in [2.05, 4.69) is 86.2 Å². The van der Waals surface area contributed by atoms with Crippen LogP contribution in [0.4, 0.5) is 14.5 Å². The van der Waals surface area contributed by atoms with E-state index in [9.17, 15) is 18.4 Å². The van der Waals surface area contributed by atoms with Gasteiger partial charge in [0.05, 0.1) is 17.5 Å². The van der Waals surface area contributed by atoms with Crippen LogP contribution in [0.1, 0.15) is 70.4 Å². The first-order valence-corrected chi connectivity index (χ1v) is 18.0. The normalized spacial score (nSPS) is 20.7. The minimum absolute atomic E-state index is 0.0341. The Labute approximate surface area is 300 Å². The number of amides is 1. The van der Waals surface area contributed by atoms with Crippen LogP contribution < -0.4 is 5.73 Å². The largest absolute Gasteiger partial charge is 0.476 e. The summed E-state index contributed by atoms with van der Waals surface area (Å²) >= 11 is 0. The molecule has 52 heavy (non-hydrogen) atoms. The molecule has 0 radical (unpaired) electrons. The lowest BCUT2D eigenvalue weighted by molar-refractivity contribution is -0.146. The number of nitrogens with two attached hydrogens (primary N) is 1. The van der Waals surface area contributed by atoms with Gasteiger partial charge in [0.15, 0.2) is 11.5 Å². The third-order valence-electron chi connectivity index (χ3n) is 11.1. The van der Waals surface area contributed by atoms with Gasteiger partial charge in [0.1, 0.15) is 11.6 Å². The maximum absolute atomic E-state index is 14.2. The highest BCUT2D eigenvalue weighted by Gasteiger charge is 2.44. The molecule has 0 spiro atoms. The van der Waals surface area contributed by atoms with Gasteiger partial charge in [-0.1, -0.05) is 71.9 Å². The number of halogens is 2. The maximum atomic E-state index is 14.2. The molecule has 1 aromatic heterocycles. The zero-order valence-corrected chi connectivity index (χ0v) is 28.7. The Morgan fingerprint density at radius 1 is 0.865 bits per heavy atom. The van der Waals surface area contributed by atoms with Crippen LogP contribution >= 0.6 is 0 Å². The highest BCUT2D eigenvalue weighted by atomic mass is 19.1. The number of carbonyl (C=O) groups excluding carboxylic acids is 1. The number of aromatic carboxylic acids is 1. The number of piperidine rings is 1. The van der Waals surface area contributed by atoms with E-state index in [0.717, 1.165) is 75.2 Å². The number of aromatic nitrogens is 1. The van der Waals surface area contributed by atoms with Gasteiger partial charge in [0.25, 0.3) is 0 Å². The predicted octanol–water partition coefficient (Wildman–Crippen LogP) is 7.95. The van der Waals surface area contributed by atoms with Crippen molar-refractivity contribution in [3.63, 3.8) is 0 Å². The van der Waals surface area contributed by atoms with Gasteiger partial charge in [0, 0.05) is 43.9 Å². The zero-order chi connectivity index (χ0) is 35.9. The number of carboxylic acids is 1. The topological polar surface area (TPSA) is 113 Å². The van der Waals surface area contributed by atoms with E-state index in [-0.39, 0.29) is 34.9 Å². The van der Waals surface area contributed by atoms with Crippen LogP contribution in [-0.4, -0.2) is 58.1 Å². The molecule has 2 aliphatic heterocycles. The zero-order valence-electron chi connectivity index (χ0n) is 28.7. The number of fused-ring (bicyclic) bond motifs is 3. The predicted molar refractivity (Wildman–Crippen MR) is 193 cm³/mol. The maximum Gasteiger partial charge on any atom is 0.358 e. The molecule has 2 saturated heterocycles. The summed E-state index contributed by atoms with van der Waals surface area (Å²) in [6, 6.07) is 27.8. The van der Waals surface area contributed by atoms with Crippen LogP contribution in [-0.2, 0) is 11.2 Å². The van der Waals surface area contributed by atoms with Gasteiger partial charge in [-0.25, -0.2) is 13.6 Å². The Morgan fingerprint density at radius 2 is 1.63 bits per heavy atom. The molecule has 4 aromatic carbocycles. The molecule has 3 fully saturated rings. The van der Waals surface area contributed by atoms with E-state index in [1.807, 2.05) is 0 Å². The lowest BCUT2D eigenvalue weighted by Crippen LogP contribution is -2.53. The number of hydrogen-bond acceptors (Lipinski definition) is 6. The summed E-state index contributed by atoms with van der Waals surface area (Å²) in [5.41, 5.74) is 15.1. The molecule has 3 heterocycles. The lowest BCUT2D eigenvalue weighted by atomic mass is 9.77. The van der Waals surface area contributed by atoms with Gasteiger partial charge in [-0.05, 0) is 89.6 Å². The average Bonchev–Trinajstić information content (AvgIpc) is 3.65. The van der Waals surface area contributed by atoms with E-state index >= 15 is 0 Å². The van der Waals surface area contributed by atoms with Crippen LogP contribution in [0.2, 0.25) is 0 Å². The Bertz CT molecular complexity index is 2130. The molecular formula is C42H40F2N4O4. The number of nitrogen functional groups attached to an aromatic ring is 1. The molecule has 1 saturated carbocycles. The lowest BCUT2D eigenvalue weighted by Gasteiger charge is -2.47. The molecule has 3 N–H and O–H groups in total. The summed E-state index contributed by atoms with van der Waals surface area (Å²) in [7, 11) is 0. The van der Waals surface area contributed by atoms with Crippen molar-refractivity contribution in [2.24, 2.45) is 11.8 Å². The summed E-state index contributed by atoms with van der Waals surface area (Å²) in [6.45, 7) is 3.92. The van der Waals surface area contributed by atoms with Crippen LogP contribution in [0.5, 0.6) is 0 Å². The van der Waals surface area contributed by atoms with Crippen molar-refractivity contribution in [2.75, 3.05) is 31.9 Å². The molecule has 2 aliphatic carbocycles. The Balaban J connectivity index is 0.000000203. The fourth-order valence-corrected chi connectivity index (χ4v) is 8.13. The molecule has 1 amide bonds. The minimum atomic E-state index is -1.28. The van der Waals surface area contributed by atoms with Gasteiger partial charge in [0.2, 0.25) is 5.91 Å². The molecule has 266 valence electrons. The van der Waals surface area contributed by atoms with Gasteiger partial charge >= 0.3 is 5.97 Å². The molecule has 10 heteroatoms. The van der Waals surface area contributed by atoms with Gasteiger partial charge in [-0.15, -0.1) is 0 Å². The van der Waals surface area contributed by atoms with Crippen LogP contribution in [0.15, 0.2) is 95.5 Å². The summed E-state index contributed by atoms with van der Waals surface area (Å²) in [6.07, 6.45) is 5.64. The summed E-state index contributed by atoms with van der Waals surface area (Å²) in [4.78, 5) is 29.4. The first-order chi connectivity index (χ1) is 25.2. The molecule has 9 rings (SSSR count). The number of hydrogen-bond donors (Lipinski definition) is 2. The van der Waals surface area contributed by atoms with Crippen LogP contribution in [0, 0.1) is 23.5 Å². The number of benzene rings is 4. The third kappa shape index (κ3) is 6.59. The molecular weight excluding hydrogens is 662 g/mol. The Kier molecular flexibility index (Phi) is 9.09. The third-order valence-corrected chi connectivity index (χ3v) is 11.1. The standard InChI is InChI=1S/C32H35N3O.C10H5F2NO3/c33-31-27(13-12-25-24-9-5-4-8-23(24)18-28(25)31)26-14-16-34(19-21-10-11-21)20-29(26)32(36)35-17-15-30(35)22-6-2-1-3-7-22;11-5-1-2-6(7(12)3-5)9-4-8(10(14)15)13-16-9/h1-9,12-13,21,26,29-30H,10-11,14-20,33H2;1-4H,(H,14,15)/t26-,29-,30-;/m1./s1. The van der Waals surface area contributed by atoms with Crippen molar-refractivity contribution in [3.8, 4) is 22.5 Å². The van der Waals surface area contributed by atoms with Crippen molar-refractivity contribution in [2.45, 2.75) is 44.1 Å². The number of nitrogens with zero attached hydrogens (tertiary/aromatic N) is 3. The number of carbonyl (C=O) groups is 2. The second-order valence-electron chi connectivity index (χ2n) is 14.4. The highest BCUT2D eigenvalue weighted by Crippen LogP contribution is 2.47. The van der Waals surface area contributed by atoms with E-state index in [0.29, 0.717) is 12.0 Å². The number of anilines is 1. The quantitative estimate of drug-likeness (QED) is 0.162. The van der Waals surface area contributed by atoms with E-state index in [1.54, 1.807) is 0 Å². The molecule has 0 unspecified atom stereocenters. The number of carboxylic acid groups (broad SMARTS) is 1. The fraction of sp³-hybridized carbons (Fsp3) is 0.310. The van der Waals surface area contributed by atoms with Crippen molar-refractivity contribution < 1.29 is 28.0 Å². The van der Waals surface area contributed by atoms with E-state index in [4.69, 9.17) is 10.8 Å². The second kappa shape index (κ2) is 14.0. The molecule has 5 aromatic rings. The Morgan fingerprint density at radius 3 is 2.35 bits per heavy atom. The Hall–Kier alpha value is -5.35. The molecule has 0 bridgehead atoms. The van der Waals surface area contributed by atoms with Crippen molar-refractivity contribution in [1.82, 2.24) is 15.0 Å². The number of likely N-dealkylation sites (tertiary alicyclic amines) is 2. The van der Waals surface area contributed by atoms with Crippen molar-refractivity contribution in [1.29, 1.82) is 0 Å². The van der Waals surface area contributed by atoms with Gasteiger partial charge < -0.3 is 25.2 Å². The fourth-order valence-electron chi connectivity index (χ4n) is 8.13. The second-order valence-corrected chi connectivity index (χ2v) is 14.4. The average molecular weight is 703 g/mol. The number of rotatable bonds is 7. The van der Waals surface area contributed by atoms with Crippen LogP contribution in [0.3, 0.4) is 0 Å². The van der Waals surface area contributed by atoms with Gasteiger partial charge in [-0.2, -0.15) is 0 Å². The molecule has 8 nitrogen and oxygen atoms in total. The highest BCUT2D eigenvalue weighted by molar-refractivity contribution is 5.87.